The third-order valence-electron chi connectivity index (χ3n) is 1.63. The van der Waals surface area contributed by atoms with Gasteiger partial charge in [-0.25, -0.2) is 0 Å². The van der Waals surface area contributed by atoms with Gasteiger partial charge in [0.2, 0.25) is 0 Å². The zero-order valence-electron chi connectivity index (χ0n) is 7.16. The molecule has 0 aliphatic carbocycles. The molecule has 0 saturated carbocycles. The Hall–Kier alpha value is -1.31. The second-order valence-corrected chi connectivity index (χ2v) is 2.86. The van der Waals surface area contributed by atoms with E-state index in [9.17, 15) is 4.79 Å². The SMILES string of the molecule is CC(C=O)CNc1ccccc1. The Morgan fingerprint density at radius 2 is 2.08 bits per heavy atom. The van der Waals surface area contributed by atoms with Gasteiger partial charge in [0.25, 0.3) is 0 Å². The second-order valence-electron chi connectivity index (χ2n) is 2.86. The number of anilines is 1. The minimum atomic E-state index is 0.0743. The molecule has 2 nitrogen and oxygen atoms in total. The molecule has 1 aromatic rings. The third-order valence-corrected chi connectivity index (χ3v) is 1.63. The summed E-state index contributed by atoms with van der Waals surface area (Å²) >= 11 is 0. The fourth-order valence-electron chi connectivity index (χ4n) is 0.883. The van der Waals surface area contributed by atoms with E-state index in [2.05, 4.69) is 5.32 Å². The van der Waals surface area contributed by atoms with Crippen LogP contribution in [-0.4, -0.2) is 12.8 Å². The minimum absolute atomic E-state index is 0.0743. The fourth-order valence-corrected chi connectivity index (χ4v) is 0.883. The highest BCUT2D eigenvalue weighted by atomic mass is 16.1. The molecule has 0 saturated heterocycles. The number of para-hydroxylation sites is 1. The van der Waals surface area contributed by atoms with E-state index in [1.165, 1.54) is 0 Å². The summed E-state index contributed by atoms with van der Waals surface area (Å²) in [4.78, 5) is 10.3. The molecule has 1 rings (SSSR count). The van der Waals surface area contributed by atoms with Gasteiger partial charge in [0.05, 0.1) is 0 Å². The maximum Gasteiger partial charge on any atom is 0.124 e. The van der Waals surface area contributed by atoms with Gasteiger partial charge in [-0.05, 0) is 12.1 Å². The minimum Gasteiger partial charge on any atom is -0.384 e. The zero-order valence-corrected chi connectivity index (χ0v) is 7.16. The van der Waals surface area contributed by atoms with Gasteiger partial charge in [0.15, 0.2) is 0 Å². The van der Waals surface area contributed by atoms with E-state index in [1.54, 1.807) is 0 Å². The molecule has 0 spiro atoms. The number of aldehydes is 1. The molecule has 2 heteroatoms. The topological polar surface area (TPSA) is 29.1 Å². The lowest BCUT2D eigenvalue weighted by Crippen LogP contribution is -2.11. The monoisotopic (exact) mass is 163 g/mol. The first kappa shape index (κ1) is 8.78. The van der Waals surface area contributed by atoms with E-state index in [4.69, 9.17) is 0 Å². The highest BCUT2D eigenvalue weighted by Crippen LogP contribution is 2.05. The van der Waals surface area contributed by atoms with E-state index in [1.807, 2.05) is 37.3 Å². The van der Waals surface area contributed by atoms with Crippen molar-refractivity contribution < 1.29 is 4.79 Å². The molecular weight excluding hydrogens is 150 g/mol. The number of hydrogen-bond donors (Lipinski definition) is 1. The van der Waals surface area contributed by atoms with Gasteiger partial charge in [0.1, 0.15) is 6.29 Å². The summed E-state index contributed by atoms with van der Waals surface area (Å²) in [5.74, 6) is 0.0743. The van der Waals surface area contributed by atoms with Crippen LogP contribution >= 0.6 is 0 Å². The Morgan fingerprint density at radius 3 is 2.67 bits per heavy atom. The Labute approximate surface area is 72.6 Å². The summed E-state index contributed by atoms with van der Waals surface area (Å²) < 4.78 is 0. The number of carbonyl (C=O) groups excluding carboxylic acids is 1. The maximum absolute atomic E-state index is 10.3. The largest absolute Gasteiger partial charge is 0.384 e. The summed E-state index contributed by atoms with van der Waals surface area (Å²) in [5, 5.41) is 3.16. The van der Waals surface area contributed by atoms with Crippen molar-refractivity contribution in [3.8, 4) is 0 Å². The molecule has 0 radical (unpaired) electrons. The van der Waals surface area contributed by atoms with E-state index in [-0.39, 0.29) is 5.92 Å². The quantitative estimate of drug-likeness (QED) is 0.687. The second kappa shape index (κ2) is 4.54. The van der Waals surface area contributed by atoms with Gasteiger partial charge in [-0.1, -0.05) is 25.1 Å². The van der Waals surface area contributed by atoms with Crippen LogP contribution < -0.4 is 5.32 Å². The van der Waals surface area contributed by atoms with Gasteiger partial charge in [0, 0.05) is 18.2 Å². The molecule has 0 heterocycles. The van der Waals surface area contributed by atoms with Crippen molar-refractivity contribution >= 4 is 12.0 Å². The van der Waals surface area contributed by atoms with Crippen molar-refractivity contribution in [3.05, 3.63) is 30.3 Å². The van der Waals surface area contributed by atoms with Crippen LogP contribution in [0.25, 0.3) is 0 Å². The van der Waals surface area contributed by atoms with Crippen LogP contribution in [-0.2, 0) is 4.79 Å². The van der Waals surface area contributed by atoms with Gasteiger partial charge < -0.3 is 10.1 Å². The first-order valence-corrected chi connectivity index (χ1v) is 4.07. The smallest absolute Gasteiger partial charge is 0.124 e. The normalized spacial score (nSPS) is 12.1. The summed E-state index contributed by atoms with van der Waals surface area (Å²) in [6.07, 6.45) is 0.954. The average molecular weight is 163 g/mol. The van der Waals surface area contributed by atoms with Gasteiger partial charge in [-0.3, -0.25) is 0 Å². The lowest BCUT2D eigenvalue weighted by molar-refractivity contribution is -0.110. The number of benzene rings is 1. The van der Waals surface area contributed by atoms with Crippen molar-refractivity contribution in [2.24, 2.45) is 5.92 Å². The molecule has 1 N–H and O–H groups in total. The summed E-state index contributed by atoms with van der Waals surface area (Å²) in [6.45, 7) is 2.59. The first-order chi connectivity index (χ1) is 5.83. The average Bonchev–Trinajstić information content (AvgIpc) is 2.16. The molecule has 1 aromatic carbocycles. The molecule has 0 bridgehead atoms. The Kier molecular flexibility index (Phi) is 3.33. The fraction of sp³-hybridized carbons (Fsp3) is 0.300. The van der Waals surface area contributed by atoms with E-state index in [0.717, 1.165) is 12.0 Å². The van der Waals surface area contributed by atoms with Crippen molar-refractivity contribution in [2.75, 3.05) is 11.9 Å². The van der Waals surface area contributed by atoms with Crippen molar-refractivity contribution in [2.45, 2.75) is 6.92 Å². The van der Waals surface area contributed by atoms with Gasteiger partial charge >= 0.3 is 0 Å². The first-order valence-electron chi connectivity index (χ1n) is 4.07. The summed E-state index contributed by atoms with van der Waals surface area (Å²) in [7, 11) is 0. The molecule has 1 unspecified atom stereocenters. The van der Waals surface area contributed by atoms with Crippen LogP contribution in [0.2, 0.25) is 0 Å². The number of rotatable bonds is 4. The molecule has 0 aromatic heterocycles. The van der Waals surface area contributed by atoms with Crippen LogP contribution in [0.15, 0.2) is 30.3 Å². The van der Waals surface area contributed by atoms with Crippen LogP contribution in [0.4, 0.5) is 5.69 Å². The molecule has 64 valence electrons. The Bertz CT molecular complexity index is 233. The van der Waals surface area contributed by atoms with E-state index >= 15 is 0 Å². The zero-order chi connectivity index (χ0) is 8.81. The van der Waals surface area contributed by atoms with E-state index in [0.29, 0.717) is 6.54 Å². The van der Waals surface area contributed by atoms with E-state index < -0.39 is 0 Å². The maximum atomic E-state index is 10.3. The van der Waals surface area contributed by atoms with Crippen LogP contribution in [0.5, 0.6) is 0 Å². The predicted molar refractivity (Wildman–Crippen MR) is 50.2 cm³/mol. The molecule has 0 aliphatic heterocycles. The molecule has 1 atom stereocenters. The molecule has 0 aliphatic rings. The van der Waals surface area contributed by atoms with Gasteiger partial charge in [-0.15, -0.1) is 0 Å². The number of nitrogens with one attached hydrogen (secondary N) is 1. The highest BCUT2D eigenvalue weighted by Gasteiger charge is 1.97. The molecule has 0 amide bonds. The molecule has 12 heavy (non-hydrogen) atoms. The lowest BCUT2D eigenvalue weighted by Gasteiger charge is -2.06. The Morgan fingerprint density at radius 1 is 1.42 bits per heavy atom. The predicted octanol–water partition coefficient (Wildman–Crippen LogP) is 1.93. The van der Waals surface area contributed by atoms with Crippen LogP contribution in [0.3, 0.4) is 0 Å². The standard InChI is InChI=1S/C10H13NO/c1-9(8-12)7-11-10-5-3-2-4-6-10/h2-6,8-9,11H,7H2,1H3. The van der Waals surface area contributed by atoms with Crippen molar-refractivity contribution in [1.82, 2.24) is 0 Å². The lowest BCUT2D eigenvalue weighted by atomic mass is 10.2. The molecular formula is C10H13NO. The summed E-state index contributed by atoms with van der Waals surface area (Å²) in [5.41, 5.74) is 1.06. The van der Waals surface area contributed by atoms with Crippen LogP contribution in [0, 0.1) is 5.92 Å². The van der Waals surface area contributed by atoms with Crippen molar-refractivity contribution in [1.29, 1.82) is 0 Å². The Balaban J connectivity index is 2.38. The van der Waals surface area contributed by atoms with Crippen LogP contribution in [0.1, 0.15) is 6.92 Å². The number of carbonyl (C=O) groups is 1. The van der Waals surface area contributed by atoms with Crippen molar-refractivity contribution in [3.63, 3.8) is 0 Å². The number of hydrogen-bond acceptors (Lipinski definition) is 2. The summed E-state index contributed by atoms with van der Waals surface area (Å²) in [6, 6.07) is 9.87. The highest BCUT2D eigenvalue weighted by molar-refractivity contribution is 5.54. The third kappa shape index (κ3) is 2.74. The molecule has 0 fully saturated rings. The van der Waals surface area contributed by atoms with Gasteiger partial charge in [-0.2, -0.15) is 0 Å².